The fraction of sp³-hybridized carbons (Fsp3) is 1.00. The summed E-state index contributed by atoms with van der Waals surface area (Å²) in [5.74, 6) is 1.32. The van der Waals surface area contributed by atoms with Crippen LogP contribution in [0.4, 0.5) is 0 Å². The van der Waals surface area contributed by atoms with Crippen LogP contribution in [0.15, 0.2) is 0 Å². The van der Waals surface area contributed by atoms with Crippen LogP contribution >= 0.6 is 23.5 Å². The van der Waals surface area contributed by atoms with Gasteiger partial charge in [-0.15, -0.1) is 11.8 Å². The van der Waals surface area contributed by atoms with Gasteiger partial charge in [0, 0.05) is 4.58 Å². The van der Waals surface area contributed by atoms with Gasteiger partial charge in [-0.1, -0.05) is 13.8 Å². The Balaban J connectivity index is 3.09. The maximum atomic E-state index is 2.25. The van der Waals surface area contributed by atoms with E-state index in [1.165, 1.54) is 18.6 Å². The molecule has 0 bridgehead atoms. The second-order valence-corrected chi connectivity index (χ2v) is 4.59. The molecule has 0 rings (SSSR count). The molecule has 1 atom stereocenters. The first-order valence-corrected chi connectivity index (χ1v) is 5.83. The predicted octanol–water partition coefficient (Wildman–Crippen LogP) is 3.23. The van der Waals surface area contributed by atoms with Gasteiger partial charge in [-0.3, -0.25) is 0 Å². The first-order valence-electron chi connectivity index (χ1n) is 3.49. The second kappa shape index (κ2) is 6.81. The standard InChI is InChI=1S/C7H16S2/c1-4-6-9-7(5-2)8-3/h7H,4-6H2,1-3H3. The van der Waals surface area contributed by atoms with E-state index in [4.69, 9.17) is 0 Å². The Kier molecular flexibility index (Phi) is 7.34. The molecule has 0 aliphatic rings. The van der Waals surface area contributed by atoms with E-state index < -0.39 is 0 Å². The Bertz CT molecular complexity index is 50.9. The van der Waals surface area contributed by atoms with Crippen molar-refractivity contribution in [2.45, 2.75) is 31.3 Å². The summed E-state index contributed by atoms with van der Waals surface area (Å²) in [6, 6.07) is 0. The van der Waals surface area contributed by atoms with Crippen LogP contribution in [0.5, 0.6) is 0 Å². The fourth-order valence-corrected chi connectivity index (χ4v) is 2.50. The Hall–Kier alpha value is 0.700. The summed E-state index contributed by atoms with van der Waals surface area (Å²) in [7, 11) is 0. The summed E-state index contributed by atoms with van der Waals surface area (Å²) in [5.41, 5.74) is 0. The van der Waals surface area contributed by atoms with Gasteiger partial charge in [0.15, 0.2) is 0 Å². The van der Waals surface area contributed by atoms with Gasteiger partial charge in [0.25, 0.3) is 0 Å². The molecule has 0 nitrogen and oxygen atoms in total. The van der Waals surface area contributed by atoms with Gasteiger partial charge in [0.05, 0.1) is 0 Å². The molecular formula is C7H16S2. The molecule has 0 aliphatic carbocycles. The number of thioether (sulfide) groups is 2. The van der Waals surface area contributed by atoms with Crippen LogP contribution in [-0.4, -0.2) is 16.6 Å². The van der Waals surface area contributed by atoms with Crippen molar-refractivity contribution in [3.63, 3.8) is 0 Å². The molecule has 0 aromatic rings. The van der Waals surface area contributed by atoms with E-state index in [2.05, 4.69) is 31.9 Å². The monoisotopic (exact) mass is 164 g/mol. The summed E-state index contributed by atoms with van der Waals surface area (Å²) in [6.07, 6.45) is 4.80. The quantitative estimate of drug-likeness (QED) is 0.572. The molecular weight excluding hydrogens is 148 g/mol. The zero-order valence-electron chi connectivity index (χ0n) is 6.52. The zero-order chi connectivity index (χ0) is 7.11. The maximum absolute atomic E-state index is 2.25. The molecule has 0 heterocycles. The van der Waals surface area contributed by atoms with Gasteiger partial charge in [-0.05, 0) is 24.9 Å². The molecule has 56 valence electrons. The Morgan fingerprint density at radius 1 is 1.33 bits per heavy atom. The van der Waals surface area contributed by atoms with E-state index in [-0.39, 0.29) is 0 Å². The second-order valence-electron chi connectivity index (χ2n) is 1.94. The minimum atomic E-state index is 0.838. The summed E-state index contributed by atoms with van der Waals surface area (Å²) in [5, 5.41) is 0. The lowest BCUT2D eigenvalue weighted by Gasteiger charge is -2.09. The molecule has 1 unspecified atom stereocenters. The lowest BCUT2D eigenvalue weighted by molar-refractivity contribution is 1.04. The molecule has 0 saturated heterocycles. The van der Waals surface area contributed by atoms with Crippen LogP contribution in [0.3, 0.4) is 0 Å². The molecule has 9 heavy (non-hydrogen) atoms. The molecule has 0 aromatic heterocycles. The van der Waals surface area contributed by atoms with Crippen molar-refractivity contribution in [1.29, 1.82) is 0 Å². The van der Waals surface area contributed by atoms with Gasteiger partial charge in [0.2, 0.25) is 0 Å². The van der Waals surface area contributed by atoms with Gasteiger partial charge in [0.1, 0.15) is 0 Å². The Morgan fingerprint density at radius 3 is 2.33 bits per heavy atom. The van der Waals surface area contributed by atoms with Gasteiger partial charge < -0.3 is 0 Å². The van der Waals surface area contributed by atoms with E-state index in [9.17, 15) is 0 Å². The van der Waals surface area contributed by atoms with E-state index in [0.717, 1.165) is 4.58 Å². The fourth-order valence-electron chi connectivity index (χ4n) is 0.602. The van der Waals surface area contributed by atoms with Crippen molar-refractivity contribution in [2.24, 2.45) is 0 Å². The molecule has 0 aromatic carbocycles. The summed E-state index contributed by atoms with van der Waals surface area (Å²) >= 11 is 4.06. The van der Waals surface area contributed by atoms with Crippen molar-refractivity contribution in [2.75, 3.05) is 12.0 Å². The highest BCUT2D eigenvalue weighted by atomic mass is 32.2. The lowest BCUT2D eigenvalue weighted by atomic mass is 10.6. The highest BCUT2D eigenvalue weighted by Crippen LogP contribution is 2.24. The first kappa shape index (κ1) is 9.70. The highest BCUT2D eigenvalue weighted by Gasteiger charge is 2.01. The molecule has 0 spiro atoms. The number of rotatable bonds is 5. The lowest BCUT2D eigenvalue weighted by Crippen LogP contribution is -1.93. The minimum absolute atomic E-state index is 0.838. The third kappa shape index (κ3) is 5.16. The van der Waals surface area contributed by atoms with E-state index in [0.29, 0.717) is 0 Å². The van der Waals surface area contributed by atoms with Crippen molar-refractivity contribution in [3.05, 3.63) is 0 Å². The molecule has 0 saturated carbocycles. The van der Waals surface area contributed by atoms with E-state index >= 15 is 0 Å². The third-order valence-corrected chi connectivity index (χ3v) is 4.30. The van der Waals surface area contributed by atoms with Crippen LogP contribution < -0.4 is 0 Å². The number of hydrogen-bond donors (Lipinski definition) is 0. The largest absolute Gasteiger partial charge is 0.151 e. The van der Waals surface area contributed by atoms with E-state index in [1.807, 2.05) is 11.8 Å². The predicted molar refractivity (Wildman–Crippen MR) is 50.3 cm³/mol. The average molecular weight is 164 g/mol. The summed E-state index contributed by atoms with van der Waals surface area (Å²) < 4.78 is 0.838. The van der Waals surface area contributed by atoms with Crippen molar-refractivity contribution >= 4 is 23.5 Å². The van der Waals surface area contributed by atoms with E-state index in [1.54, 1.807) is 0 Å². The summed E-state index contributed by atoms with van der Waals surface area (Å²) in [4.78, 5) is 0. The highest BCUT2D eigenvalue weighted by molar-refractivity contribution is 8.16. The molecule has 0 aliphatic heterocycles. The molecule has 0 amide bonds. The minimum Gasteiger partial charge on any atom is -0.151 e. The first-order chi connectivity index (χ1) is 4.35. The SMILES string of the molecule is CCCSC(CC)SC. The van der Waals surface area contributed by atoms with Crippen LogP contribution in [0.2, 0.25) is 0 Å². The van der Waals surface area contributed by atoms with Crippen LogP contribution in [0.25, 0.3) is 0 Å². The molecule has 0 N–H and O–H groups in total. The van der Waals surface area contributed by atoms with Crippen molar-refractivity contribution in [3.8, 4) is 0 Å². The molecule has 0 fully saturated rings. The Morgan fingerprint density at radius 2 is 2.00 bits per heavy atom. The number of hydrogen-bond acceptors (Lipinski definition) is 2. The van der Waals surface area contributed by atoms with Gasteiger partial charge in [-0.25, -0.2) is 0 Å². The topological polar surface area (TPSA) is 0 Å². The Labute approximate surface area is 67.2 Å². The van der Waals surface area contributed by atoms with Crippen LogP contribution in [0, 0.1) is 0 Å². The zero-order valence-corrected chi connectivity index (χ0v) is 8.15. The third-order valence-electron chi connectivity index (χ3n) is 1.10. The molecule has 0 radical (unpaired) electrons. The summed E-state index contributed by atoms with van der Waals surface area (Å²) in [6.45, 7) is 4.49. The van der Waals surface area contributed by atoms with Gasteiger partial charge >= 0.3 is 0 Å². The van der Waals surface area contributed by atoms with Crippen LogP contribution in [-0.2, 0) is 0 Å². The van der Waals surface area contributed by atoms with Gasteiger partial charge in [-0.2, -0.15) is 11.8 Å². The smallest absolute Gasteiger partial charge is 0.0497 e. The average Bonchev–Trinajstić information content (AvgIpc) is 1.91. The molecule has 2 heteroatoms. The van der Waals surface area contributed by atoms with Crippen molar-refractivity contribution < 1.29 is 0 Å². The maximum Gasteiger partial charge on any atom is 0.0497 e. The normalized spacial score (nSPS) is 13.7. The van der Waals surface area contributed by atoms with Crippen LogP contribution in [0.1, 0.15) is 26.7 Å². The van der Waals surface area contributed by atoms with Crippen molar-refractivity contribution in [1.82, 2.24) is 0 Å².